The third-order valence-electron chi connectivity index (χ3n) is 6.05. The van der Waals surface area contributed by atoms with Crippen LogP contribution in [0, 0.1) is 11.3 Å². The number of methoxy groups -OCH3 is 1. The summed E-state index contributed by atoms with van der Waals surface area (Å²) >= 11 is 0. The van der Waals surface area contributed by atoms with Gasteiger partial charge in [-0.05, 0) is 42.3 Å². The van der Waals surface area contributed by atoms with Crippen LogP contribution in [-0.4, -0.2) is 36.3 Å². The fourth-order valence-corrected chi connectivity index (χ4v) is 4.06. The molecule has 2 atom stereocenters. The van der Waals surface area contributed by atoms with Gasteiger partial charge in [0.05, 0.1) is 19.1 Å². The summed E-state index contributed by atoms with van der Waals surface area (Å²) in [7, 11) is 1.61. The van der Waals surface area contributed by atoms with Gasteiger partial charge in [0, 0.05) is 29.8 Å². The summed E-state index contributed by atoms with van der Waals surface area (Å²) in [6, 6.07) is 14.3. The molecule has 0 aromatic heterocycles. The number of hydrogen-bond donors (Lipinski definition) is 2. The fourth-order valence-electron chi connectivity index (χ4n) is 4.06. The Balaban J connectivity index is 1.82. The summed E-state index contributed by atoms with van der Waals surface area (Å²) in [5.74, 6) is -0.134. The number of likely N-dealkylation sites (tertiary alicyclic amines) is 1. The molecule has 7 nitrogen and oxygen atoms in total. The Hall–Kier alpha value is -3.35. The van der Waals surface area contributed by atoms with Gasteiger partial charge in [0.2, 0.25) is 17.7 Å². The van der Waals surface area contributed by atoms with E-state index in [1.165, 1.54) is 0 Å². The third kappa shape index (κ3) is 5.95. The van der Waals surface area contributed by atoms with Gasteiger partial charge in [-0.3, -0.25) is 14.4 Å². The van der Waals surface area contributed by atoms with Gasteiger partial charge in [0.25, 0.3) is 0 Å². The van der Waals surface area contributed by atoms with Gasteiger partial charge in [-0.15, -0.1) is 0 Å². The van der Waals surface area contributed by atoms with Crippen LogP contribution in [0.1, 0.15) is 58.6 Å². The van der Waals surface area contributed by atoms with Crippen LogP contribution in [0.3, 0.4) is 0 Å². The van der Waals surface area contributed by atoms with E-state index in [0.717, 1.165) is 24.2 Å². The van der Waals surface area contributed by atoms with Crippen molar-refractivity contribution in [3.63, 3.8) is 0 Å². The standard InChI is InChI=1S/C27H35N3O4/c1-6-7-15-30-23(31)17-22(24(30)18-11-13-21(34-5)14-12-18)25(32)28-19-9-8-10-20(16-19)29-26(33)27(2,3)4/h8-14,16,22,24H,6-7,15,17H2,1-5H3,(H,28,32)(H,29,33)/t22-,24+/m1/s1. The molecule has 1 saturated heterocycles. The number of nitrogens with one attached hydrogen (secondary N) is 2. The number of rotatable bonds is 8. The third-order valence-corrected chi connectivity index (χ3v) is 6.05. The lowest BCUT2D eigenvalue weighted by Gasteiger charge is -2.28. The number of carbonyl (C=O) groups is 3. The molecule has 0 spiro atoms. The lowest BCUT2D eigenvalue weighted by Crippen LogP contribution is -2.33. The van der Waals surface area contributed by atoms with Gasteiger partial charge in [0.15, 0.2) is 0 Å². The maximum Gasteiger partial charge on any atom is 0.230 e. The number of unbranched alkanes of at least 4 members (excludes halogenated alkanes) is 1. The summed E-state index contributed by atoms with van der Waals surface area (Å²) in [4.78, 5) is 40.4. The average molecular weight is 466 g/mol. The first-order valence-electron chi connectivity index (χ1n) is 11.8. The van der Waals surface area contributed by atoms with Crippen molar-refractivity contribution in [2.45, 2.75) is 53.0 Å². The molecular formula is C27H35N3O4. The van der Waals surface area contributed by atoms with E-state index in [4.69, 9.17) is 4.74 Å². The van der Waals surface area contributed by atoms with Crippen molar-refractivity contribution in [3.8, 4) is 5.75 Å². The normalized spacial score (nSPS) is 18.0. The topological polar surface area (TPSA) is 87.7 Å². The van der Waals surface area contributed by atoms with Crippen LogP contribution < -0.4 is 15.4 Å². The van der Waals surface area contributed by atoms with E-state index in [9.17, 15) is 14.4 Å². The smallest absolute Gasteiger partial charge is 0.230 e. The Kier molecular flexibility index (Phi) is 7.97. The molecule has 1 heterocycles. The van der Waals surface area contributed by atoms with E-state index in [2.05, 4.69) is 17.6 Å². The minimum atomic E-state index is -0.531. The van der Waals surface area contributed by atoms with Gasteiger partial charge in [-0.2, -0.15) is 0 Å². The van der Waals surface area contributed by atoms with Crippen molar-refractivity contribution in [1.29, 1.82) is 0 Å². The maximum atomic E-state index is 13.4. The number of ether oxygens (including phenoxy) is 1. The quantitative estimate of drug-likeness (QED) is 0.574. The van der Waals surface area contributed by atoms with Gasteiger partial charge >= 0.3 is 0 Å². The van der Waals surface area contributed by atoms with E-state index in [1.54, 1.807) is 31.4 Å². The molecule has 0 aliphatic carbocycles. The maximum absolute atomic E-state index is 13.4. The number of anilines is 2. The summed E-state index contributed by atoms with van der Waals surface area (Å²) in [5.41, 5.74) is 1.56. The first-order valence-corrected chi connectivity index (χ1v) is 11.8. The van der Waals surface area contributed by atoms with Crippen molar-refractivity contribution < 1.29 is 19.1 Å². The van der Waals surface area contributed by atoms with E-state index < -0.39 is 11.3 Å². The SMILES string of the molecule is CCCCN1C(=O)C[C@@H](C(=O)Nc2cccc(NC(=O)C(C)(C)C)c2)[C@@H]1c1ccc(OC)cc1. The fraction of sp³-hybridized carbons (Fsp3) is 0.444. The molecule has 182 valence electrons. The van der Waals surface area contributed by atoms with Gasteiger partial charge in [-0.1, -0.05) is 52.3 Å². The summed E-state index contributed by atoms with van der Waals surface area (Å²) in [6.07, 6.45) is 2.00. The summed E-state index contributed by atoms with van der Waals surface area (Å²) < 4.78 is 5.27. The highest BCUT2D eigenvalue weighted by Crippen LogP contribution is 2.39. The number of amides is 3. The lowest BCUT2D eigenvalue weighted by molar-refractivity contribution is -0.129. The van der Waals surface area contributed by atoms with Crippen LogP contribution in [0.5, 0.6) is 5.75 Å². The molecule has 0 saturated carbocycles. The summed E-state index contributed by atoms with van der Waals surface area (Å²) in [6.45, 7) is 8.22. The molecule has 1 fully saturated rings. The second-order valence-corrected chi connectivity index (χ2v) is 9.74. The Morgan fingerprint density at radius 3 is 2.29 bits per heavy atom. The molecule has 2 aromatic carbocycles. The van der Waals surface area contributed by atoms with Crippen LogP contribution in [0.4, 0.5) is 11.4 Å². The first-order chi connectivity index (χ1) is 16.1. The minimum Gasteiger partial charge on any atom is -0.497 e. The summed E-state index contributed by atoms with van der Waals surface area (Å²) in [5, 5.41) is 5.85. The average Bonchev–Trinajstić information content (AvgIpc) is 3.13. The zero-order valence-corrected chi connectivity index (χ0v) is 20.7. The van der Waals surface area contributed by atoms with Crippen molar-refractivity contribution >= 4 is 29.1 Å². The lowest BCUT2D eigenvalue weighted by atomic mass is 9.92. The van der Waals surface area contributed by atoms with Crippen LogP contribution in [-0.2, 0) is 14.4 Å². The van der Waals surface area contributed by atoms with Crippen molar-refractivity contribution in [3.05, 3.63) is 54.1 Å². The second kappa shape index (κ2) is 10.7. The molecule has 2 aromatic rings. The molecule has 0 unspecified atom stereocenters. The molecule has 3 amide bonds. The highest BCUT2D eigenvalue weighted by Gasteiger charge is 2.44. The van der Waals surface area contributed by atoms with Gasteiger partial charge in [0.1, 0.15) is 5.75 Å². The number of carbonyl (C=O) groups excluding carboxylic acids is 3. The predicted octanol–water partition coefficient (Wildman–Crippen LogP) is 5.01. The second-order valence-electron chi connectivity index (χ2n) is 9.74. The predicted molar refractivity (Wildman–Crippen MR) is 134 cm³/mol. The van der Waals surface area contributed by atoms with Crippen LogP contribution in [0.2, 0.25) is 0 Å². The number of nitrogens with zero attached hydrogens (tertiary/aromatic N) is 1. The largest absolute Gasteiger partial charge is 0.497 e. The van der Waals surface area contributed by atoms with Crippen molar-refractivity contribution in [2.75, 3.05) is 24.3 Å². The first kappa shape index (κ1) is 25.3. The number of benzene rings is 2. The molecule has 34 heavy (non-hydrogen) atoms. The van der Waals surface area contributed by atoms with Crippen LogP contribution in [0.25, 0.3) is 0 Å². The zero-order chi connectivity index (χ0) is 24.9. The van der Waals surface area contributed by atoms with Crippen molar-refractivity contribution in [2.24, 2.45) is 11.3 Å². The van der Waals surface area contributed by atoms with E-state index >= 15 is 0 Å². The Bertz CT molecular complexity index is 1030. The van der Waals surface area contributed by atoms with Crippen LogP contribution >= 0.6 is 0 Å². The highest BCUT2D eigenvalue weighted by atomic mass is 16.5. The van der Waals surface area contributed by atoms with E-state index in [1.807, 2.05) is 49.9 Å². The molecule has 1 aliphatic heterocycles. The van der Waals surface area contributed by atoms with Crippen molar-refractivity contribution in [1.82, 2.24) is 4.90 Å². The number of hydrogen-bond acceptors (Lipinski definition) is 4. The Labute approximate surface area is 201 Å². The highest BCUT2D eigenvalue weighted by molar-refractivity contribution is 5.99. The zero-order valence-electron chi connectivity index (χ0n) is 20.7. The van der Waals surface area contributed by atoms with Crippen LogP contribution in [0.15, 0.2) is 48.5 Å². The molecule has 7 heteroatoms. The van der Waals surface area contributed by atoms with E-state index in [-0.39, 0.29) is 30.2 Å². The van der Waals surface area contributed by atoms with Gasteiger partial charge in [-0.25, -0.2) is 0 Å². The molecule has 0 radical (unpaired) electrons. The molecular weight excluding hydrogens is 430 g/mol. The molecule has 2 N–H and O–H groups in total. The van der Waals surface area contributed by atoms with E-state index in [0.29, 0.717) is 17.9 Å². The molecule has 1 aliphatic rings. The molecule has 3 rings (SSSR count). The minimum absolute atomic E-state index is 0.0133. The van der Waals surface area contributed by atoms with Gasteiger partial charge < -0.3 is 20.3 Å². The molecule has 0 bridgehead atoms. The monoisotopic (exact) mass is 465 g/mol. The Morgan fingerprint density at radius 1 is 1.06 bits per heavy atom. The Morgan fingerprint density at radius 2 is 1.71 bits per heavy atom.